The van der Waals surface area contributed by atoms with Gasteiger partial charge in [-0.25, -0.2) is 0 Å². The van der Waals surface area contributed by atoms with Crippen LogP contribution in [0.5, 0.6) is 11.5 Å². The number of phenolic OH excluding ortho intramolecular Hbond substituents is 2. The van der Waals surface area contributed by atoms with Crippen LogP contribution in [-0.4, -0.2) is 10.2 Å². The number of rotatable bonds is 1. The van der Waals surface area contributed by atoms with Gasteiger partial charge in [-0.3, -0.25) is 0 Å². The van der Waals surface area contributed by atoms with Crippen molar-refractivity contribution in [3.05, 3.63) is 48.0 Å². The highest BCUT2D eigenvalue weighted by molar-refractivity contribution is 5.71. The lowest BCUT2D eigenvalue weighted by Crippen LogP contribution is -1.80. The molecule has 0 aliphatic rings. The van der Waals surface area contributed by atoms with Crippen molar-refractivity contribution in [2.45, 2.75) is 6.92 Å². The van der Waals surface area contributed by atoms with Crippen molar-refractivity contribution >= 4 is 0 Å². The van der Waals surface area contributed by atoms with Crippen molar-refractivity contribution in [2.75, 3.05) is 0 Å². The Morgan fingerprint density at radius 3 is 2.33 bits per heavy atom. The van der Waals surface area contributed by atoms with Gasteiger partial charge in [0.25, 0.3) is 0 Å². The van der Waals surface area contributed by atoms with Crippen LogP contribution in [0.1, 0.15) is 5.56 Å². The van der Waals surface area contributed by atoms with Crippen LogP contribution >= 0.6 is 0 Å². The molecule has 15 heavy (non-hydrogen) atoms. The molecule has 0 aliphatic carbocycles. The summed E-state index contributed by atoms with van der Waals surface area (Å²) in [5.74, 6) is 0.441. The largest absolute Gasteiger partial charge is 0.508 e. The van der Waals surface area contributed by atoms with Gasteiger partial charge in [0, 0.05) is 5.56 Å². The molecule has 0 amide bonds. The predicted molar refractivity (Wildman–Crippen MR) is 59.9 cm³/mol. The Bertz CT molecular complexity index is 469. The molecule has 0 bridgehead atoms. The zero-order valence-corrected chi connectivity index (χ0v) is 8.44. The van der Waals surface area contributed by atoms with Crippen LogP contribution in [0.3, 0.4) is 0 Å². The summed E-state index contributed by atoms with van der Waals surface area (Å²) in [6, 6.07) is 12.3. The van der Waals surface area contributed by atoms with Crippen LogP contribution in [0.25, 0.3) is 11.1 Å². The molecule has 2 aromatic carbocycles. The van der Waals surface area contributed by atoms with Gasteiger partial charge in [-0.05, 0) is 36.2 Å². The molecule has 0 aliphatic heterocycles. The number of para-hydroxylation sites is 1. The third-order valence-electron chi connectivity index (χ3n) is 2.28. The minimum atomic E-state index is 0.216. The van der Waals surface area contributed by atoms with Crippen LogP contribution < -0.4 is 0 Å². The smallest absolute Gasteiger partial charge is 0.123 e. The van der Waals surface area contributed by atoms with Gasteiger partial charge < -0.3 is 10.2 Å². The fraction of sp³-hybridized carbons (Fsp3) is 0.0769. The van der Waals surface area contributed by atoms with Crippen molar-refractivity contribution < 1.29 is 10.2 Å². The third-order valence-corrected chi connectivity index (χ3v) is 2.28. The maximum absolute atomic E-state index is 9.66. The zero-order valence-electron chi connectivity index (χ0n) is 8.44. The molecule has 2 heteroatoms. The molecule has 0 unspecified atom stereocenters. The van der Waals surface area contributed by atoms with E-state index in [9.17, 15) is 10.2 Å². The molecule has 0 radical (unpaired) electrons. The van der Waals surface area contributed by atoms with E-state index in [0.29, 0.717) is 0 Å². The average Bonchev–Trinajstić information content (AvgIpc) is 2.16. The molecule has 0 heterocycles. The number of aromatic hydroxyl groups is 2. The fourth-order valence-corrected chi connectivity index (χ4v) is 1.64. The second kappa shape index (κ2) is 3.65. The Kier molecular flexibility index (Phi) is 2.34. The van der Waals surface area contributed by atoms with Crippen LogP contribution in [0.2, 0.25) is 0 Å². The van der Waals surface area contributed by atoms with Crippen LogP contribution in [0, 0.1) is 6.92 Å². The van der Waals surface area contributed by atoms with Gasteiger partial charge in [0.15, 0.2) is 0 Å². The van der Waals surface area contributed by atoms with E-state index in [-0.39, 0.29) is 11.5 Å². The fourth-order valence-electron chi connectivity index (χ4n) is 1.64. The summed E-state index contributed by atoms with van der Waals surface area (Å²) in [6.07, 6.45) is 0. The number of hydrogen-bond acceptors (Lipinski definition) is 2. The van der Waals surface area contributed by atoms with Gasteiger partial charge >= 0.3 is 0 Å². The van der Waals surface area contributed by atoms with Gasteiger partial charge in [-0.1, -0.05) is 24.3 Å². The number of phenols is 2. The van der Waals surface area contributed by atoms with Crippen molar-refractivity contribution in [3.8, 4) is 22.6 Å². The molecule has 0 atom stereocenters. The standard InChI is InChI=1S/C13H12O2/c1-9-6-10(8-11(14)7-9)12-4-2-3-5-13(12)15/h2-8,14-15H,1H3. The Morgan fingerprint density at radius 1 is 0.933 bits per heavy atom. The molecule has 0 spiro atoms. The van der Waals surface area contributed by atoms with E-state index in [4.69, 9.17) is 0 Å². The Hall–Kier alpha value is -1.96. The summed E-state index contributed by atoms with van der Waals surface area (Å²) < 4.78 is 0. The molecule has 2 aromatic rings. The monoisotopic (exact) mass is 200 g/mol. The lowest BCUT2D eigenvalue weighted by Gasteiger charge is -2.06. The SMILES string of the molecule is Cc1cc(O)cc(-c2ccccc2O)c1. The summed E-state index contributed by atoms with van der Waals surface area (Å²) in [4.78, 5) is 0. The molecule has 2 rings (SSSR count). The maximum Gasteiger partial charge on any atom is 0.123 e. The highest BCUT2D eigenvalue weighted by atomic mass is 16.3. The Morgan fingerprint density at radius 2 is 1.67 bits per heavy atom. The minimum Gasteiger partial charge on any atom is -0.508 e. The Balaban J connectivity index is 2.59. The van der Waals surface area contributed by atoms with Gasteiger partial charge in [0.2, 0.25) is 0 Å². The predicted octanol–water partition coefficient (Wildman–Crippen LogP) is 3.07. The topological polar surface area (TPSA) is 40.5 Å². The van der Waals surface area contributed by atoms with Gasteiger partial charge in [-0.2, -0.15) is 0 Å². The van der Waals surface area contributed by atoms with E-state index in [1.54, 1.807) is 24.3 Å². The molecule has 0 aromatic heterocycles. The summed E-state index contributed by atoms with van der Waals surface area (Å²) in [5, 5.41) is 19.1. The molecule has 0 saturated carbocycles. The highest BCUT2D eigenvalue weighted by Crippen LogP contribution is 2.31. The first-order valence-corrected chi connectivity index (χ1v) is 4.76. The lowest BCUT2D eigenvalue weighted by molar-refractivity contribution is 0.474. The summed E-state index contributed by atoms with van der Waals surface area (Å²) in [5.41, 5.74) is 2.52. The van der Waals surface area contributed by atoms with E-state index in [2.05, 4.69) is 0 Å². The first kappa shape index (κ1) is 9.59. The van der Waals surface area contributed by atoms with Crippen LogP contribution in [0.15, 0.2) is 42.5 Å². The number of aryl methyl sites for hydroxylation is 1. The number of benzene rings is 2. The van der Waals surface area contributed by atoms with E-state index in [1.165, 1.54) is 0 Å². The molecule has 2 nitrogen and oxygen atoms in total. The van der Waals surface area contributed by atoms with Crippen LogP contribution in [0.4, 0.5) is 0 Å². The lowest BCUT2D eigenvalue weighted by atomic mass is 10.0. The molecule has 76 valence electrons. The van der Waals surface area contributed by atoms with Crippen molar-refractivity contribution in [3.63, 3.8) is 0 Å². The van der Waals surface area contributed by atoms with Gasteiger partial charge in [-0.15, -0.1) is 0 Å². The first-order valence-electron chi connectivity index (χ1n) is 4.76. The van der Waals surface area contributed by atoms with Crippen molar-refractivity contribution in [1.82, 2.24) is 0 Å². The van der Waals surface area contributed by atoms with E-state index in [0.717, 1.165) is 16.7 Å². The van der Waals surface area contributed by atoms with E-state index < -0.39 is 0 Å². The molecule has 2 N–H and O–H groups in total. The number of hydrogen-bond donors (Lipinski definition) is 2. The normalized spacial score (nSPS) is 10.2. The molecular weight excluding hydrogens is 188 g/mol. The van der Waals surface area contributed by atoms with Crippen molar-refractivity contribution in [1.29, 1.82) is 0 Å². The van der Waals surface area contributed by atoms with Gasteiger partial charge in [0.1, 0.15) is 11.5 Å². The second-order valence-corrected chi connectivity index (χ2v) is 3.57. The first-order chi connectivity index (χ1) is 7.16. The van der Waals surface area contributed by atoms with E-state index >= 15 is 0 Å². The quantitative estimate of drug-likeness (QED) is 0.742. The maximum atomic E-state index is 9.66. The summed E-state index contributed by atoms with van der Waals surface area (Å²) in [7, 11) is 0. The zero-order chi connectivity index (χ0) is 10.8. The summed E-state index contributed by atoms with van der Waals surface area (Å²) >= 11 is 0. The molecular formula is C13H12O2. The minimum absolute atomic E-state index is 0.216. The summed E-state index contributed by atoms with van der Waals surface area (Å²) in [6.45, 7) is 1.91. The molecule has 0 saturated heterocycles. The highest BCUT2D eigenvalue weighted by Gasteiger charge is 2.04. The second-order valence-electron chi connectivity index (χ2n) is 3.57. The third kappa shape index (κ3) is 1.94. The average molecular weight is 200 g/mol. The van der Waals surface area contributed by atoms with Crippen molar-refractivity contribution in [2.24, 2.45) is 0 Å². The van der Waals surface area contributed by atoms with E-state index in [1.807, 2.05) is 25.1 Å². The molecule has 0 fully saturated rings. The van der Waals surface area contributed by atoms with Gasteiger partial charge in [0.05, 0.1) is 0 Å². The Labute approximate surface area is 88.4 Å². The van der Waals surface area contributed by atoms with Crippen LogP contribution in [-0.2, 0) is 0 Å².